The largest absolute Gasteiger partial charge is 0.478 e. The average molecular weight is 281 g/mol. The first-order valence-corrected chi connectivity index (χ1v) is 7.29. The smallest absolute Gasteiger partial charge is 0.336 e. The van der Waals surface area contributed by atoms with Crippen molar-refractivity contribution in [1.82, 2.24) is 4.90 Å². The molecule has 19 heavy (non-hydrogen) atoms. The molecule has 1 fully saturated rings. The van der Waals surface area contributed by atoms with E-state index in [0.29, 0.717) is 0 Å². The number of aromatic carboxylic acids is 1. The summed E-state index contributed by atoms with van der Waals surface area (Å²) in [6.45, 7) is 0. The normalized spacial score (nSPS) is 15.8. The van der Waals surface area contributed by atoms with E-state index < -0.39 is 16.8 Å². The number of benzene rings is 1. The minimum Gasteiger partial charge on any atom is -0.478 e. The zero-order chi connectivity index (χ0) is 14.0. The Hall–Kier alpha value is -1.69. The maximum atomic E-state index is 12.1. The summed E-state index contributed by atoms with van der Waals surface area (Å²) in [5, 5.41) is 9.03. The van der Waals surface area contributed by atoms with Crippen LogP contribution in [0.2, 0.25) is 0 Å². The van der Waals surface area contributed by atoms with Gasteiger partial charge in [0.15, 0.2) is 0 Å². The highest BCUT2D eigenvalue weighted by atomic mass is 32.2. The SMILES string of the molecule is CN(C(=O)CS(=O)c1ccccc1C(=O)O)C1CC1. The van der Waals surface area contributed by atoms with Crippen LogP contribution in [0.5, 0.6) is 0 Å². The molecule has 1 aliphatic rings. The Labute approximate surface area is 113 Å². The predicted molar refractivity (Wildman–Crippen MR) is 70.5 cm³/mol. The van der Waals surface area contributed by atoms with E-state index >= 15 is 0 Å². The molecule has 1 atom stereocenters. The topological polar surface area (TPSA) is 74.7 Å². The fourth-order valence-electron chi connectivity index (χ4n) is 1.80. The van der Waals surface area contributed by atoms with Crippen LogP contribution >= 0.6 is 0 Å². The summed E-state index contributed by atoms with van der Waals surface area (Å²) in [5.74, 6) is -1.51. The zero-order valence-corrected chi connectivity index (χ0v) is 11.4. The monoisotopic (exact) mass is 281 g/mol. The van der Waals surface area contributed by atoms with Crippen molar-refractivity contribution in [2.24, 2.45) is 0 Å². The third-order valence-electron chi connectivity index (χ3n) is 3.11. The molecular weight excluding hydrogens is 266 g/mol. The molecule has 1 aliphatic carbocycles. The van der Waals surface area contributed by atoms with Crippen LogP contribution in [0, 0.1) is 0 Å². The van der Waals surface area contributed by atoms with Gasteiger partial charge in [-0.05, 0) is 25.0 Å². The van der Waals surface area contributed by atoms with Crippen LogP contribution in [0.25, 0.3) is 0 Å². The fourth-order valence-corrected chi connectivity index (χ4v) is 3.01. The minimum absolute atomic E-state index is 0.0114. The van der Waals surface area contributed by atoms with Gasteiger partial charge < -0.3 is 10.0 Å². The Balaban J connectivity index is 2.11. The van der Waals surface area contributed by atoms with Crippen LogP contribution < -0.4 is 0 Å². The molecular formula is C13H15NO4S. The van der Waals surface area contributed by atoms with Gasteiger partial charge in [0.2, 0.25) is 5.91 Å². The maximum absolute atomic E-state index is 12.1. The summed E-state index contributed by atoms with van der Waals surface area (Å²) >= 11 is 0. The van der Waals surface area contributed by atoms with E-state index in [1.165, 1.54) is 12.1 Å². The Morgan fingerprint density at radius 1 is 1.37 bits per heavy atom. The van der Waals surface area contributed by atoms with E-state index in [2.05, 4.69) is 0 Å². The molecule has 0 heterocycles. The second kappa shape index (κ2) is 5.52. The molecule has 102 valence electrons. The lowest BCUT2D eigenvalue weighted by Gasteiger charge is -2.16. The number of carboxylic acid groups (broad SMARTS) is 1. The lowest BCUT2D eigenvalue weighted by Crippen LogP contribution is -2.32. The lowest BCUT2D eigenvalue weighted by molar-refractivity contribution is -0.127. The van der Waals surface area contributed by atoms with Crippen molar-refractivity contribution in [1.29, 1.82) is 0 Å². The molecule has 1 N–H and O–H groups in total. The highest BCUT2D eigenvalue weighted by Crippen LogP contribution is 2.25. The van der Waals surface area contributed by atoms with Gasteiger partial charge in [-0.25, -0.2) is 4.79 Å². The molecule has 1 amide bonds. The predicted octanol–water partition coefficient (Wildman–Crippen LogP) is 1.11. The van der Waals surface area contributed by atoms with Crippen LogP contribution in [-0.4, -0.2) is 44.9 Å². The summed E-state index contributed by atoms with van der Waals surface area (Å²) in [6, 6.07) is 6.34. The summed E-state index contributed by atoms with van der Waals surface area (Å²) < 4.78 is 12.1. The molecule has 0 aromatic heterocycles. The molecule has 1 aromatic carbocycles. The molecule has 1 saturated carbocycles. The first-order chi connectivity index (χ1) is 9.00. The number of carbonyl (C=O) groups excluding carboxylic acids is 1. The van der Waals surface area contributed by atoms with Crippen LogP contribution in [0.3, 0.4) is 0 Å². The molecule has 0 saturated heterocycles. The van der Waals surface area contributed by atoms with Crippen molar-refractivity contribution in [2.75, 3.05) is 12.8 Å². The van der Waals surface area contributed by atoms with Gasteiger partial charge in [0.25, 0.3) is 0 Å². The standard InChI is InChI=1S/C13H15NO4S/c1-14(9-6-7-9)12(15)8-19(18)11-5-3-2-4-10(11)13(16)17/h2-5,9H,6-8H2,1H3,(H,16,17). The number of rotatable bonds is 5. The molecule has 0 spiro atoms. The average Bonchev–Trinajstić information content (AvgIpc) is 3.21. The first kappa shape index (κ1) is 13.7. The van der Waals surface area contributed by atoms with Gasteiger partial charge in [-0.3, -0.25) is 9.00 Å². The highest BCUT2D eigenvalue weighted by molar-refractivity contribution is 7.85. The third kappa shape index (κ3) is 3.20. The fraction of sp³-hybridized carbons (Fsp3) is 0.385. The highest BCUT2D eigenvalue weighted by Gasteiger charge is 2.30. The number of hydrogen-bond acceptors (Lipinski definition) is 3. The van der Waals surface area contributed by atoms with Crippen molar-refractivity contribution < 1.29 is 18.9 Å². The van der Waals surface area contributed by atoms with Crippen LogP contribution in [0.4, 0.5) is 0 Å². The van der Waals surface area contributed by atoms with Crippen LogP contribution in [0.1, 0.15) is 23.2 Å². The van der Waals surface area contributed by atoms with Crippen molar-refractivity contribution in [3.8, 4) is 0 Å². The van der Waals surface area contributed by atoms with E-state index in [0.717, 1.165) is 12.8 Å². The van der Waals surface area contributed by atoms with Gasteiger partial charge in [0.1, 0.15) is 5.75 Å². The van der Waals surface area contributed by atoms with E-state index in [1.807, 2.05) is 0 Å². The van der Waals surface area contributed by atoms with Gasteiger partial charge >= 0.3 is 5.97 Å². The van der Waals surface area contributed by atoms with Crippen molar-refractivity contribution >= 4 is 22.7 Å². The Morgan fingerprint density at radius 2 is 2.00 bits per heavy atom. The van der Waals surface area contributed by atoms with Gasteiger partial charge in [-0.15, -0.1) is 0 Å². The van der Waals surface area contributed by atoms with Crippen molar-refractivity contribution in [3.63, 3.8) is 0 Å². The summed E-state index contributed by atoms with van der Waals surface area (Å²) in [6.07, 6.45) is 1.97. The molecule has 1 unspecified atom stereocenters. The Bertz CT molecular complexity index is 539. The van der Waals surface area contributed by atoms with Gasteiger partial charge in [-0.2, -0.15) is 0 Å². The second-order valence-corrected chi connectivity index (χ2v) is 5.95. The number of hydrogen-bond donors (Lipinski definition) is 1. The molecule has 0 bridgehead atoms. The number of carbonyl (C=O) groups is 2. The minimum atomic E-state index is -1.63. The van der Waals surface area contributed by atoms with E-state index in [1.54, 1.807) is 24.1 Å². The number of amides is 1. The van der Waals surface area contributed by atoms with Crippen molar-refractivity contribution in [3.05, 3.63) is 29.8 Å². The van der Waals surface area contributed by atoms with Gasteiger partial charge in [0, 0.05) is 13.1 Å². The zero-order valence-electron chi connectivity index (χ0n) is 10.5. The first-order valence-electron chi connectivity index (χ1n) is 5.97. The molecule has 5 nitrogen and oxygen atoms in total. The number of nitrogens with zero attached hydrogens (tertiary/aromatic N) is 1. The van der Waals surface area contributed by atoms with E-state index in [4.69, 9.17) is 5.11 Å². The quantitative estimate of drug-likeness (QED) is 0.877. The third-order valence-corrected chi connectivity index (χ3v) is 4.46. The molecule has 0 radical (unpaired) electrons. The molecule has 1 aromatic rings. The lowest BCUT2D eigenvalue weighted by atomic mass is 10.2. The second-order valence-electron chi connectivity index (χ2n) is 4.53. The Morgan fingerprint density at radius 3 is 2.58 bits per heavy atom. The van der Waals surface area contributed by atoms with E-state index in [9.17, 15) is 13.8 Å². The molecule has 6 heteroatoms. The van der Waals surface area contributed by atoms with Gasteiger partial charge in [-0.1, -0.05) is 12.1 Å². The van der Waals surface area contributed by atoms with Gasteiger partial charge in [0.05, 0.1) is 21.3 Å². The summed E-state index contributed by atoms with van der Waals surface area (Å²) in [5.41, 5.74) is -0.0114. The van der Waals surface area contributed by atoms with Crippen LogP contribution in [0.15, 0.2) is 29.2 Å². The maximum Gasteiger partial charge on any atom is 0.336 e. The number of carboxylic acids is 1. The molecule has 2 rings (SSSR count). The van der Waals surface area contributed by atoms with Crippen molar-refractivity contribution in [2.45, 2.75) is 23.8 Å². The summed E-state index contributed by atoms with van der Waals surface area (Å²) in [4.78, 5) is 24.7. The molecule has 0 aliphatic heterocycles. The Kier molecular flexibility index (Phi) is 3.99. The van der Waals surface area contributed by atoms with E-state index in [-0.39, 0.29) is 28.2 Å². The van der Waals surface area contributed by atoms with Crippen LogP contribution in [-0.2, 0) is 15.6 Å². The summed E-state index contributed by atoms with van der Waals surface area (Å²) in [7, 11) is 0.0677.